The largest absolute Gasteiger partial charge is 0.334 e. The Bertz CT molecular complexity index is 726. The van der Waals surface area contributed by atoms with Gasteiger partial charge in [-0.05, 0) is 18.6 Å². The van der Waals surface area contributed by atoms with E-state index in [0.29, 0.717) is 18.7 Å². The molecule has 25 heavy (non-hydrogen) atoms. The summed E-state index contributed by atoms with van der Waals surface area (Å²) in [6.07, 6.45) is 0. The van der Waals surface area contributed by atoms with Crippen molar-refractivity contribution >= 4 is 6.03 Å². The molecule has 0 atom stereocenters. The van der Waals surface area contributed by atoms with E-state index in [0.717, 1.165) is 19.6 Å². The smallest absolute Gasteiger partial charge is 0.317 e. The monoisotopic (exact) mass is 341 g/mol. The van der Waals surface area contributed by atoms with Gasteiger partial charge in [0.15, 0.2) is 0 Å². The van der Waals surface area contributed by atoms with Crippen molar-refractivity contribution < 1.29 is 9.18 Å². The first-order valence-electron chi connectivity index (χ1n) is 8.66. The van der Waals surface area contributed by atoms with Crippen molar-refractivity contribution in [3.05, 3.63) is 71.0 Å². The fourth-order valence-electron chi connectivity index (χ4n) is 3.10. The predicted molar refractivity (Wildman–Crippen MR) is 96.7 cm³/mol. The van der Waals surface area contributed by atoms with Crippen LogP contribution in [0.2, 0.25) is 0 Å². The summed E-state index contributed by atoms with van der Waals surface area (Å²) in [6, 6.07) is 14.9. The second-order valence-corrected chi connectivity index (χ2v) is 6.50. The van der Waals surface area contributed by atoms with E-state index >= 15 is 0 Å². The molecule has 0 saturated carbocycles. The number of carbonyl (C=O) groups excluding carboxylic acids is 1. The van der Waals surface area contributed by atoms with Crippen molar-refractivity contribution in [3.63, 3.8) is 0 Å². The van der Waals surface area contributed by atoms with E-state index in [-0.39, 0.29) is 18.4 Å². The van der Waals surface area contributed by atoms with Gasteiger partial charge in [-0.15, -0.1) is 0 Å². The number of aryl methyl sites for hydroxylation is 1. The lowest BCUT2D eigenvalue weighted by molar-refractivity contribution is 0.135. The highest BCUT2D eigenvalue weighted by molar-refractivity contribution is 5.74. The minimum absolute atomic E-state index is 0.126. The molecule has 0 aromatic heterocycles. The van der Waals surface area contributed by atoms with Crippen LogP contribution in [0.5, 0.6) is 0 Å². The maximum absolute atomic E-state index is 13.6. The number of nitrogens with zero attached hydrogens (tertiary/aromatic N) is 2. The number of amides is 2. The summed E-state index contributed by atoms with van der Waals surface area (Å²) in [5.41, 5.74) is 3.08. The summed E-state index contributed by atoms with van der Waals surface area (Å²) >= 11 is 0. The number of hydrogen-bond acceptors (Lipinski definition) is 2. The Morgan fingerprint density at radius 2 is 1.84 bits per heavy atom. The van der Waals surface area contributed by atoms with Crippen LogP contribution in [0.25, 0.3) is 0 Å². The third-order valence-corrected chi connectivity index (χ3v) is 4.54. The molecule has 0 bridgehead atoms. The zero-order valence-electron chi connectivity index (χ0n) is 14.5. The quantitative estimate of drug-likeness (QED) is 0.927. The molecule has 1 saturated heterocycles. The van der Waals surface area contributed by atoms with Crippen LogP contribution in [-0.4, -0.2) is 42.0 Å². The van der Waals surface area contributed by atoms with E-state index in [2.05, 4.69) is 41.4 Å². The summed E-state index contributed by atoms with van der Waals surface area (Å²) in [4.78, 5) is 16.4. The number of urea groups is 1. The molecule has 5 heteroatoms. The van der Waals surface area contributed by atoms with E-state index in [4.69, 9.17) is 0 Å². The van der Waals surface area contributed by atoms with Crippen LogP contribution in [-0.2, 0) is 13.1 Å². The molecule has 1 heterocycles. The minimum Gasteiger partial charge on any atom is -0.334 e. The molecule has 0 spiro atoms. The van der Waals surface area contributed by atoms with Gasteiger partial charge in [0.05, 0.1) is 0 Å². The van der Waals surface area contributed by atoms with Crippen LogP contribution >= 0.6 is 0 Å². The molecule has 1 fully saturated rings. The summed E-state index contributed by atoms with van der Waals surface area (Å²) in [6.45, 7) is 6.30. The van der Waals surface area contributed by atoms with Crippen molar-refractivity contribution in [2.75, 3.05) is 26.2 Å². The number of hydrogen-bond donors (Lipinski definition) is 1. The molecule has 1 aliphatic heterocycles. The molecule has 132 valence electrons. The molecule has 1 aliphatic rings. The standard InChI is InChI=1S/C20H24FN3O/c1-16-5-4-6-17(13-16)15-23-9-11-24(12-10-23)20(25)22-14-18-7-2-3-8-19(18)21/h2-8,13H,9-12,14-15H2,1H3,(H,22,25). The first kappa shape index (κ1) is 17.4. The van der Waals surface area contributed by atoms with Gasteiger partial charge in [0, 0.05) is 44.8 Å². The SMILES string of the molecule is Cc1cccc(CN2CCN(C(=O)NCc3ccccc3F)CC2)c1. The van der Waals surface area contributed by atoms with Gasteiger partial charge in [-0.1, -0.05) is 48.0 Å². The number of benzene rings is 2. The summed E-state index contributed by atoms with van der Waals surface area (Å²) in [5.74, 6) is -0.286. The first-order valence-corrected chi connectivity index (χ1v) is 8.66. The zero-order valence-corrected chi connectivity index (χ0v) is 14.5. The van der Waals surface area contributed by atoms with Gasteiger partial charge in [0.25, 0.3) is 0 Å². The molecular weight excluding hydrogens is 317 g/mol. The van der Waals surface area contributed by atoms with Crippen molar-refractivity contribution in [2.45, 2.75) is 20.0 Å². The van der Waals surface area contributed by atoms with Crippen molar-refractivity contribution in [1.29, 1.82) is 0 Å². The predicted octanol–water partition coefficient (Wildman–Crippen LogP) is 3.16. The lowest BCUT2D eigenvalue weighted by atomic mass is 10.1. The summed E-state index contributed by atoms with van der Waals surface area (Å²) in [7, 11) is 0. The van der Waals surface area contributed by atoms with Gasteiger partial charge in [0.2, 0.25) is 0 Å². The van der Waals surface area contributed by atoms with Crippen LogP contribution in [0.15, 0.2) is 48.5 Å². The maximum Gasteiger partial charge on any atom is 0.317 e. The Hall–Kier alpha value is -2.40. The van der Waals surface area contributed by atoms with Crippen LogP contribution in [0.3, 0.4) is 0 Å². The van der Waals surface area contributed by atoms with Crippen molar-refractivity contribution in [3.8, 4) is 0 Å². The summed E-state index contributed by atoms with van der Waals surface area (Å²) < 4.78 is 13.6. The normalized spacial score (nSPS) is 15.2. The lowest BCUT2D eigenvalue weighted by Crippen LogP contribution is -2.51. The first-order chi connectivity index (χ1) is 12.1. The molecule has 4 nitrogen and oxygen atoms in total. The summed E-state index contributed by atoms with van der Waals surface area (Å²) in [5, 5.41) is 2.81. The van der Waals surface area contributed by atoms with E-state index in [9.17, 15) is 9.18 Å². The molecule has 2 aromatic carbocycles. The molecule has 0 aliphatic carbocycles. The number of halogens is 1. The third kappa shape index (κ3) is 4.79. The van der Waals surface area contributed by atoms with Gasteiger partial charge < -0.3 is 10.2 Å². The Labute approximate surface area is 148 Å². The molecular formula is C20H24FN3O. The van der Waals surface area contributed by atoms with Crippen LogP contribution < -0.4 is 5.32 Å². The van der Waals surface area contributed by atoms with Gasteiger partial charge in [-0.2, -0.15) is 0 Å². The molecule has 2 aromatic rings. The van der Waals surface area contributed by atoms with E-state index in [1.165, 1.54) is 17.2 Å². The highest BCUT2D eigenvalue weighted by atomic mass is 19.1. The number of piperazine rings is 1. The average Bonchev–Trinajstić information content (AvgIpc) is 2.61. The van der Waals surface area contributed by atoms with Gasteiger partial charge in [-0.25, -0.2) is 9.18 Å². The number of rotatable bonds is 4. The number of nitrogens with one attached hydrogen (secondary N) is 1. The maximum atomic E-state index is 13.6. The topological polar surface area (TPSA) is 35.6 Å². The van der Waals surface area contributed by atoms with Gasteiger partial charge in [0.1, 0.15) is 5.82 Å². The highest BCUT2D eigenvalue weighted by Gasteiger charge is 2.21. The van der Waals surface area contributed by atoms with Gasteiger partial charge in [-0.3, -0.25) is 4.90 Å². The fourth-order valence-corrected chi connectivity index (χ4v) is 3.10. The second kappa shape index (κ2) is 8.12. The second-order valence-electron chi connectivity index (χ2n) is 6.50. The Morgan fingerprint density at radius 3 is 2.56 bits per heavy atom. The molecule has 0 radical (unpaired) electrons. The van der Waals surface area contributed by atoms with Crippen molar-refractivity contribution in [2.24, 2.45) is 0 Å². The molecule has 1 N–H and O–H groups in total. The Balaban J connectivity index is 1.45. The minimum atomic E-state index is -0.286. The highest BCUT2D eigenvalue weighted by Crippen LogP contribution is 2.11. The number of carbonyl (C=O) groups is 1. The average molecular weight is 341 g/mol. The fraction of sp³-hybridized carbons (Fsp3) is 0.350. The molecule has 0 unspecified atom stereocenters. The Kier molecular flexibility index (Phi) is 5.66. The lowest BCUT2D eigenvalue weighted by Gasteiger charge is -2.34. The Morgan fingerprint density at radius 1 is 1.08 bits per heavy atom. The van der Waals surface area contributed by atoms with Crippen LogP contribution in [0, 0.1) is 12.7 Å². The third-order valence-electron chi connectivity index (χ3n) is 4.54. The molecule has 2 amide bonds. The van der Waals surface area contributed by atoms with Crippen LogP contribution in [0.4, 0.5) is 9.18 Å². The van der Waals surface area contributed by atoms with E-state index in [1.54, 1.807) is 23.1 Å². The van der Waals surface area contributed by atoms with Crippen LogP contribution in [0.1, 0.15) is 16.7 Å². The molecule has 3 rings (SSSR count). The van der Waals surface area contributed by atoms with Crippen molar-refractivity contribution in [1.82, 2.24) is 15.1 Å². The van der Waals surface area contributed by atoms with Gasteiger partial charge >= 0.3 is 6.03 Å². The zero-order chi connectivity index (χ0) is 17.6. The van der Waals surface area contributed by atoms with E-state index in [1.807, 2.05) is 0 Å². The van der Waals surface area contributed by atoms with E-state index < -0.39 is 0 Å².